The van der Waals surface area contributed by atoms with Crippen molar-refractivity contribution in [3.8, 4) is 35.1 Å². The van der Waals surface area contributed by atoms with Crippen LogP contribution in [0, 0.1) is 22.7 Å². The van der Waals surface area contributed by atoms with Crippen LogP contribution in [-0.4, -0.2) is 32.0 Å². The van der Waals surface area contributed by atoms with Gasteiger partial charge in [0.25, 0.3) is 5.56 Å². The van der Waals surface area contributed by atoms with Gasteiger partial charge in [-0.3, -0.25) is 9.36 Å². The molecular formula is C30H26N4O5S. The fraction of sp³-hybridized carbons (Fsp3) is 0.167. The molecule has 202 valence electrons. The number of methoxy groups -OCH3 is 2. The van der Waals surface area contributed by atoms with Crippen LogP contribution in [0.2, 0.25) is 0 Å². The van der Waals surface area contributed by atoms with Crippen molar-refractivity contribution in [3.63, 3.8) is 0 Å². The first kappa shape index (κ1) is 27.8. The number of nitriles is 2. The number of ether oxygens (including phenoxy) is 4. The van der Waals surface area contributed by atoms with Crippen molar-refractivity contribution in [2.75, 3.05) is 27.4 Å². The summed E-state index contributed by atoms with van der Waals surface area (Å²) in [5.74, 6) is 1.10. The van der Waals surface area contributed by atoms with Gasteiger partial charge in [0, 0.05) is 0 Å². The maximum atomic E-state index is 13.5. The number of hydrogen-bond donors (Lipinski definition) is 1. The molecule has 0 saturated carbocycles. The number of nitrogens with zero attached hydrogens (tertiary/aromatic N) is 3. The first-order valence-corrected chi connectivity index (χ1v) is 12.8. The van der Waals surface area contributed by atoms with Gasteiger partial charge in [0.1, 0.15) is 23.7 Å². The van der Waals surface area contributed by atoms with E-state index in [9.17, 15) is 15.3 Å². The summed E-state index contributed by atoms with van der Waals surface area (Å²) in [6.45, 7) is 7.88. The Kier molecular flexibility index (Phi) is 8.43. The van der Waals surface area contributed by atoms with Gasteiger partial charge in [0.2, 0.25) is 0 Å². The van der Waals surface area contributed by atoms with Crippen LogP contribution in [0.4, 0.5) is 0 Å². The minimum atomic E-state index is -0.801. The van der Waals surface area contributed by atoms with E-state index in [1.165, 1.54) is 18.8 Å². The molecule has 0 amide bonds. The molecule has 10 heteroatoms. The summed E-state index contributed by atoms with van der Waals surface area (Å²) in [5, 5.41) is 20.3. The molecule has 1 atom stereocenters. The molecule has 0 unspecified atom stereocenters. The number of nitrogens with two attached hydrogens (primary N) is 1. The van der Waals surface area contributed by atoms with E-state index in [1.807, 2.05) is 0 Å². The minimum absolute atomic E-state index is 0.0286. The second-order valence-corrected chi connectivity index (χ2v) is 9.48. The van der Waals surface area contributed by atoms with Gasteiger partial charge in [0.05, 0.1) is 48.0 Å². The van der Waals surface area contributed by atoms with Crippen LogP contribution in [0.5, 0.6) is 23.0 Å². The third kappa shape index (κ3) is 5.08. The number of allylic oxidation sites excluding steroid dienone is 1. The standard InChI is InChI=1S/C30H26N4O5S/c1-5-11-38-22-9-7-18(13-24(22)36-3)14-26-29(35)34-28(33)20(16-31)27(21(17-32)30(34)40-26)19-8-10-23(39-12-6-2)25(15-19)37-4/h5-10,13-15,27H,1-2,11-12,33H2,3-4H3/b26-14+/t27-/m1/s1. The van der Waals surface area contributed by atoms with E-state index in [0.717, 1.165) is 11.3 Å². The highest BCUT2D eigenvalue weighted by Crippen LogP contribution is 2.39. The molecule has 2 heterocycles. The van der Waals surface area contributed by atoms with E-state index in [1.54, 1.807) is 54.6 Å². The van der Waals surface area contributed by atoms with Gasteiger partial charge < -0.3 is 24.7 Å². The van der Waals surface area contributed by atoms with Gasteiger partial charge in [-0.1, -0.05) is 37.4 Å². The minimum Gasteiger partial charge on any atom is -0.493 e. The summed E-state index contributed by atoms with van der Waals surface area (Å²) in [6, 6.07) is 14.7. The molecule has 0 radical (unpaired) electrons. The normalized spacial score (nSPS) is 14.6. The highest BCUT2D eigenvalue weighted by Gasteiger charge is 2.32. The molecule has 2 aromatic carbocycles. The van der Waals surface area contributed by atoms with Gasteiger partial charge in [-0.05, 0) is 41.5 Å². The summed E-state index contributed by atoms with van der Waals surface area (Å²) < 4.78 is 24.1. The van der Waals surface area contributed by atoms with E-state index in [-0.39, 0.29) is 23.6 Å². The number of benzene rings is 2. The number of fused-ring (bicyclic) bond motifs is 1. The van der Waals surface area contributed by atoms with Gasteiger partial charge in [0.15, 0.2) is 23.0 Å². The lowest BCUT2D eigenvalue weighted by Crippen LogP contribution is -2.38. The molecular weight excluding hydrogens is 528 g/mol. The first-order valence-electron chi connectivity index (χ1n) is 12.0. The quantitative estimate of drug-likeness (QED) is 0.378. The van der Waals surface area contributed by atoms with Crippen molar-refractivity contribution < 1.29 is 18.9 Å². The number of thiazole rings is 1. The second kappa shape index (κ2) is 12.1. The van der Waals surface area contributed by atoms with Gasteiger partial charge in [-0.2, -0.15) is 10.5 Å². The Morgan fingerprint density at radius 3 is 2.12 bits per heavy atom. The Bertz CT molecular complexity index is 1790. The molecule has 2 N–H and O–H groups in total. The smallest absolute Gasteiger partial charge is 0.274 e. The maximum absolute atomic E-state index is 13.5. The molecule has 0 fully saturated rings. The van der Waals surface area contributed by atoms with Crippen LogP contribution in [0.3, 0.4) is 0 Å². The average molecular weight is 555 g/mol. The Balaban J connectivity index is 1.91. The van der Waals surface area contributed by atoms with Crippen molar-refractivity contribution >= 4 is 28.8 Å². The predicted molar refractivity (Wildman–Crippen MR) is 154 cm³/mol. The van der Waals surface area contributed by atoms with E-state index in [4.69, 9.17) is 24.7 Å². The summed E-state index contributed by atoms with van der Waals surface area (Å²) in [7, 11) is 3.02. The number of rotatable bonds is 10. The monoisotopic (exact) mass is 554 g/mol. The van der Waals surface area contributed by atoms with Crippen molar-refractivity contribution in [3.05, 3.63) is 98.0 Å². The molecule has 1 aliphatic rings. The van der Waals surface area contributed by atoms with Crippen LogP contribution >= 0.6 is 11.3 Å². The maximum Gasteiger partial charge on any atom is 0.274 e. The third-order valence-electron chi connectivity index (χ3n) is 6.11. The molecule has 9 nitrogen and oxygen atoms in total. The zero-order valence-electron chi connectivity index (χ0n) is 22.0. The van der Waals surface area contributed by atoms with E-state index in [2.05, 4.69) is 25.3 Å². The molecule has 0 aliphatic carbocycles. The molecule has 0 spiro atoms. The average Bonchev–Trinajstić information content (AvgIpc) is 3.30. The first-order chi connectivity index (χ1) is 19.4. The number of aromatic nitrogens is 1. The second-order valence-electron chi connectivity index (χ2n) is 8.45. The van der Waals surface area contributed by atoms with Crippen molar-refractivity contribution in [1.82, 2.24) is 4.57 Å². The SMILES string of the molecule is C=CCOc1ccc(/C=c2/sc3n(c2=O)C(N)=C(C#N)[C@@H](c2ccc(OCC=C)c(OC)c2)C=3C#N)cc1OC. The lowest BCUT2D eigenvalue weighted by molar-refractivity contribution is 0.326. The highest BCUT2D eigenvalue weighted by molar-refractivity contribution is 7.07. The van der Waals surface area contributed by atoms with Gasteiger partial charge in [-0.15, -0.1) is 11.3 Å². The van der Waals surface area contributed by atoms with Gasteiger partial charge in [-0.25, -0.2) is 0 Å². The van der Waals surface area contributed by atoms with Crippen molar-refractivity contribution in [2.45, 2.75) is 5.92 Å². The lowest BCUT2D eigenvalue weighted by atomic mass is 9.84. The Morgan fingerprint density at radius 2 is 1.55 bits per heavy atom. The predicted octanol–water partition coefficient (Wildman–Crippen LogP) is 3.01. The highest BCUT2D eigenvalue weighted by atomic mass is 32.1. The molecule has 1 aromatic heterocycles. The zero-order chi connectivity index (χ0) is 28.8. The number of hydrogen-bond acceptors (Lipinski definition) is 9. The van der Waals surface area contributed by atoms with Crippen LogP contribution < -0.4 is 39.4 Å². The lowest BCUT2D eigenvalue weighted by Gasteiger charge is -2.23. The zero-order valence-corrected chi connectivity index (χ0v) is 22.8. The molecule has 0 bridgehead atoms. The summed E-state index contributed by atoms with van der Waals surface area (Å²) in [5.41, 5.74) is 7.55. The summed E-state index contributed by atoms with van der Waals surface area (Å²) >= 11 is 1.12. The van der Waals surface area contributed by atoms with Crippen molar-refractivity contribution in [2.24, 2.45) is 5.73 Å². The van der Waals surface area contributed by atoms with E-state index >= 15 is 0 Å². The molecule has 40 heavy (non-hydrogen) atoms. The van der Waals surface area contributed by atoms with Crippen molar-refractivity contribution in [1.29, 1.82) is 10.5 Å². The van der Waals surface area contributed by atoms with Crippen LogP contribution in [0.15, 0.2) is 72.1 Å². The Labute approximate surface area is 234 Å². The van der Waals surface area contributed by atoms with Crippen LogP contribution in [0.1, 0.15) is 17.0 Å². The topological polar surface area (TPSA) is 133 Å². The van der Waals surface area contributed by atoms with Crippen LogP contribution in [-0.2, 0) is 0 Å². The third-order valence-corrected chi connectivity index (χ3v) is 7.22. The fourth-order valence-corrected chi connectivity index (χ4v) is 5.44. The van der Waals surface area contributed by atoms with Crippen LogP contribution in [0.25, 0.3) is 17.5 Å². The molecule has 3 aromatic rings. The molecule has 4 rings (SSSR count). The van der Waals surface area contributed by atoms with Gasteiger partial charge >= 0.3 is 0 Å². The van der Waals surface area contributed by atoms with E-state index in [0.29, 0.717) is 49.9 Å². The Hall–Kier alpha value is -5.19. The Morgan fingerprint density at radius 1 is 0.950 bits per heavy atom. The summed E-state index contributed by atoms with van der Waals surface area (Å²) in [4.78, 5) is 13.5. The summed E-state index contributed by atoms with van der Waals surface area (Å²) in [6.07, 6.45) is 4.91. The largest absolute Gasteiger partial charge is 0.493 e. The van der Waals surface area contributed by atoms with E-state index < -0.39 is 11.5 Å². The molecule has 1 aliphatic heterocycles. The fourth-order valence-electron chi connectivity index (χ4n) is 4.31. The molecule has 0 saturated heterocycles.